The van der Waals surface area contributed by atoms with E-state index in [4.69, 9.17) is 14.5 Å². The highest BCUT2D eigenvalue weighted by molar-refractivity contribution is 6.08. The van der Waals surface area contributed by atoms with Crippen LogP contribution in [-0.4, -0.2) is 47.7 Å². The van der Waals surface area contributed by atoms with Crippen molar-refractivity contribution in [2.45, 2.75) is 33.6 Å². The number of fused-ring (bicyclic) bond motifs is 1. The van der Waals surface area contributed by atoms with Crippen molar-refractivity contribution >= 4 is 22.6 Å². The molecule has 1 aliphatic rings. The van der Waals surface area contributed by atoms with Crippen LogP contribution in [0.3, 0.4) is 0 Å². The molecule has 0 spiro atoms. The molecule has 0 amide bonds. The average molecular weight is 409 g/mol. The minimum absolute atomic E-state index is 0.0372. The summed E-state index contributed by atoms with van der Waals surface area (Å²) in [6.07, 6.45) is 5.81. The molecule has 0 atom stereocenters. The lowest BCUT2D eigenvalue weighted by Crippen LogP contribution is -2.20. The van der Waals surface area contributed by atoms with Crippen molar-refractivity contribution in [1.29, 1.82) is 0 Å². The van der Waals surface area contributed by atoms with Crippen molar-refractivity contribution in [3.05, 3.63) is 36.2 Å². The Bertz CT molecular complexity index is 1060. The molecule has 7 heteroatoms. The zero-order valence-electron chi connectivity index (χ0n) is 18.0. The van der Waals surface area contributed by atoms with Crippen LogP contribution < -0.4 is 9.64 Å². The SMILES string of the molecule is COCOc1cc(-c2cnc3[nH]cc(C(=O)C(C)(C)C)c3n2)cc(N2CCCC2)c1. The van der Waals surface area contributed by atoms with E-state index in [0.717, 1.165) is 30.1 Å². The van der Waals surface area contributed by atoms with E-state index in [-0.39, 0.29) is 12.6 Å². The number of methoxy groups -OCH3 is 1. The number of hydrogen-bond acceptors (Lipinski definition) is 6. The first-order valence-electron chi connectivity index (χ1n) is 10.3. The summed E-state index contributed by atoms with van der Waals surface area (Å²) in [5.41, 5.74) is 3.97. The maximum Gasteiger partial charge on any atom is 0.188 e. The highest BCUT2D eigenvalue weighted by Crippen LogP contribution is 2.33. The molecule has 158 valence electrons. The summed E-state index contributed by atoms with van der Waals surface area (Å²) < 4.78 is 10.8. The number of ether oxygens (including phenoxy) is 2. The Hall–Kier alpha value is -2.93. The normalized spacial score (nSPS) is 14.5. The molecule has 0 unspecified atom stereocenters. The van der Waals surface area contributed by atoms with E-state index in [1.54, 1.807) is 19.5 Å². The molecular weight excluding hydrogens is 380 g/mol. The molecule has 1 aromatic carbocycles. The van der Waals surface area contributed by atoms with Gasteiger partial charge >= 0.3 is 0 Å². The molecule has 0 saturated carbocycles. The Morgan fingerprint density at radius 2 is 1.97 bits per heavy atom. The standard InChI is InChI=1S/C23H28N4O3/c1-23(2,3)21(28)18-12-24-22-20(18)26-19(13-25-22)15-9-16(27-7-5-6-8-27)11-17(10-15)30-14-29-4/h9-13H,5-8,14H2,1-4H3,(H,24,25). The summed E-state index contributed by atoms with van der Waals surface area (Å²) in [5.74, 6) is 0.758. The van der Waals surface area contributed by atoms with Gasteiger partial charge in [-0.25, -0.2) is 9.97 Å². The van der Waals surface area contributed by atoms with Gasteiger partial charge in [0.15, 0.2) is 18.2 Å². The van der Waals surface area contributed by atoms with Gasteiger partial charge in [0.1, 0.15) is 11.3 Å². The van der Waals surface area contributed by atoms with Crippen LogP contribution in [0.4, 0.5) is 5.69 Å². The first-order chi connectivity index (χ1) is 14.4. The number of nitrogens with one attached hydrogen (secondary N) is 1. The van der Waals surface area contributed by atoms with Gasteiger partial charge in [-0.05, 0) is 25.0 Å². The number of Topliss-reactive ketones (excluding diaryl/α,β-unsaturated/α-hetero) is 1. The Kier molecular flexibility index (Phi) is 5.47. The van der Waals surface area contributed by atoms with Crippen molar-refractivity contribution in [3.8, 4) is 17.0 Å². The van der Waals surface area contributed by atoms with Gasteiger partial charge in [-0.15, -0.1) is 0 Å². The molecule has 1 fully saturated rings. The number of rotatable bonds is 6. The van der Waals surface area contributed by atoms with Crippen LogP contribution in [-0.2, 0) is 4.74 Å². The first kappa shape index (κ1) is 20.3. The number of ketones is 1. The largest absolute Gasteiger partial charge is 0.467 e. The zero-order valence-corrected chi connectivity index (χ0v) is 18.0. The quantitative estimate of drug-likeness (QED) is 0.480. The maximum absolute atomic E-state index is 12.9. The monoisotopic (exact) mass is 408 g/mol. The van der Waals surface area contributed by atoms with Gasteiger partial charge in [-0.2, -0.15) is 0 Å². The fourth-order valence-electron chi connectivity index (χ4n) is 3.71. The number of nitrogens with zero attached hydrogens (tertiary/aromatic N) is 3. The molecule has 0 radical (unpaired) electrons. The van der Waals surface area contributed by atoms with Crippen molar-refractivity contribution < 1.29 is 14.3 Å². The van der Waals surface area contributed by atoms with Crippen LogP contribution in [0.15, 0.2) is 30.6 Å². The van der Waals surface area contributed by atoms with E-state index in [9.17, 15) is 4.79 Å². The van der Waals surface area contributed by atoms with Gasteiger partial charge in [0.05, 0.1) is 17.5 Å². The molecule has 0 aliphatic carbocycles. The van der Waals surface area contributed by atoms with E-state index < -0.39 is 5.41 Å². The third-order valence-electron chi connectivity index (χ3n) is 5.31. The zero-order chi connectivity index (χ0) is 21.3. The Balaban J connectivity index is 1.78. The molecule has 1 aliphatic heterocycles. The summed E-state index contributed by atoms with van der Waals surface area (Å²) in [5, 5.41) is 0. The summed E-state index contributed by atoms with van der Waals surface area (Å²) >= 11 is 0. The van der Waals surface area contributed by atoms with E-state index in [2.05, 4.69) is 20.9 Å². The molecule has 3 aromatic rings. The smallest absolute Gasteiger partial charge is 0.188 e. The number of aromatic nitrogens is 3. The number of benzene rings is 1. The summed E-state index contributed by atoms with van der Waals surface area (Å²) in [4.78, 5) is 27.6. The number of H-pyrrole nitrogens is 1. The highest BCUT2D eigenvalue weighted by Gasteiger charge is 2.26. The summed E-state index contributed by atoms with van der Waals surface area (Å²) in [7, 11) is 1.60. The predicted molar refractivity (Wildman–Crippen MR) is 117 cm³/mol. The second-order valence-corrected chi connectivity index (χ2v) is 8.69. The molecule has 30 heavy (non-hydrogen) atoms. The molecule has 0 bridgehead atoms. The lowest BCUT2D eigenvalue weighted by Gasteiger charge is -2.20. The van der Waals surface area contributed by atoms with Crippen LogP contribution in [0.2, 0.25) is 0 Å². The van der Waals surface area contributed by atoms with Crippen molar-refractivity contribution in [2.24, 2.45) is 5.41 Å². The van der Waals surface area contributed by atoms with Crippen LogP contribution in [0.25, 0.3) is 22.4 Å². The van der Waals surface area contributed by atoms with Crippen LogP contribution in [0, 0.1) is 5.41 Å². The number of aromatic amines is 1. The summed E-state index contributed by atoms with van der Waals surface area (Å²) in [6.45, 7) is 7.95. The van der Waals surface area contributed by atoms with E-state index in [0.29, 0.717) is 22.4 Å². The van der Waals surface area contributed by atoms with Gasteiger partial charge in [-0.1, -0.05) is 20.8 Å². The van der Waals surface area contributed by atoms with Gasteiger partial charge in [0.25, 0.3) is 0 Å². The molecule has 2 aromatic heterocycles. The number of hydrogen-bond donors (Lipinski definition) is 1. The van der Waals surface area contributed by atoms with E-state index >= 15 is 0 Å². The third-order valence-corrected chi connectivity index (χ3v) is 5.31. The first-order valence-corrected chi connectivity index (χ1v) is 10.3. The molecule has 4 rings (SSSR count). The second kappa shape index (κ2) is 8.07. The Labute approximate surface area is 176 Å². The topological polar surface area (TPSA) is 80.3 Å². The summed E-state index contributed by atoms with van der Waals surface area (Å²) in [6, 6.07) is 6.08. The van der Waals surface area contributed by atoms with Gasteiger partial charge in [0.2, 0.25) is 0 Å². The van der Waals surface area contributed by atoms with E-state index in [1.807, 2.05) is 32.9 Å². The fourth-order valence-corrected chi connectivity index (χ4v) is 3.71. The van der Waals surface area contributed by atoms with Crippen molar-refractivity contribution in [3.63, 3.8) is 0 Å². The Morgan fingerprint density at radius 1 is 1.20 bits per heavy atom. The molecule has 1 N–H and O–H groups in total. The number of anilines is 1. The van der Waals surface area contributed by atoms with Gasteiger partial charge < -0.3 is 19.4 Å². The van der Waals surface area contributed by atoms with Gasteiger partial charge in [0, 0.05) is 49.1 Å². The Morgan fingerprint density at radius 3 is 2.67 bits per heavy atom. The molecular formula is C23H28N4O3. The minimum atomic E-state index is -0.496. The van der Waals surface area contributed by atoms with Crippen molar-refractivity contribution in [1.82, 2.24) is 15.0 Å². The third kappa shape index (κ3) is 4.03. The second-order valence-electron chi connectivity index (χ2n) is 8.69. The van der Waals surface area contributed by atoms with Crippen molar-refractivity contribution in [2.75, 3.05) is 31.9 Å². The van der Waals surface area contributed by atoms with Crippen LogP contribution >= 0.6 is 0 Å². The fraction of sp³-hybridized carbons (Fsp3) is 0.435. The average Bonchev–Trinajstić information content (AvgIpc) is 3.40. The lowest BCUT2D eigenvalue weighted by molar-refractivity contribution is 0.0512. The van der Waals surface area contributed by atoms with E-state index in [1.165, 1.54) is 12.8 Å². The minimum Gasteiger partial charge on any atom is -0.467 e. The maximum atomic E-state index is 12.9. The molecule has 7 nitrogen and oxygen atoms in total. The number of carbonyl (C=O) groups excluding carboxylic acids is 1. The molecule has 3 heterocycles. The number of carbonyl (C=O) groups is 1. The highest BCUT2D eigenvalue weighted by atomic mass is 16.7. The van der Waals surface area contributed by atoms with Crippen LogP contribution in [0.1, 0.15) is 44.0 Å². The van der Waals surface area contributed by atoms with Gasteiger partial charge in [-0.3, -0.25) is 4.79 Å². The lowest BCUT2D eigenvalue weighted by atomic mass is 9.87. The van der Waals surface area contributed by atoms with Crippen LogP contribution in [0.5, 0.6) is 5.75 Å². The molecule has 1 saturated heterocycles. The predicted octanol–water partition coefficient (Wildman–Crippen LogP) is 4.44.